The van der Waals surface area contributed by atoms with Gasteiger partial charge in [-0.3, -0.25) is 9.10 Å². The first-order chi connectivity index (χ1) is 18.7. The average molecular weight is 574 g/mol. The summed E-state index contributed by atoms with van der Waals surface area (Å²) in [5.41, 5.74) is 3.72. The van der Waals surface area contributed by atoms with Crippen LogP contribution in [-0.4, -0.2) is 40.8 Å². The molecule has 0 fully saturated rings. The number of hydrogen-bond donors (Lipinski definition) is 2. The number of nitrogens with one attached hydrogen (secondary N) is 1. The number of para-hydroxylation sites is 1. The van der Waals surface area contributed by atoms with E-state index in [1.54, 1.807) is 35.8 Å². The quantitative estimate of drug-likeness (QED) is 0.329. The van der Waals surface area contributed by atoms with Crippen molar-refractivity contribution in [3.05, 3.63) is 88.7 Å². The smallest absolute Gasteiger partial charge is 0.324 e. The molecule has 13 heteroatoms. The van der Waals surface area contributed by atoms with Crippen LogP contribution in [0.5, 0.6) is 0 Å². The molecule has 0 saturated carbocycles. The second kappa shape index (κ2) is 11.0. The van der Waals surface area contributed by atoms with Gasteiger partial charge in [0.2, 0.25) is 5.91 Å². The zero-order valence-electron chi connectivity index (χ0n) is 20.5. The number of likely N-dealkylation sites (N-methyl/N-ethyl adjacent to an activating group) is 1. The first-order valence-corrected chi connectivity index (χ1v) is 13.8. The number of thiol groups is 1. The Morgan fingerprint density at radius 3 is 2.69 bits per heavy atom. The highest BCUT2D eigenvalue weighted by atomic mass is 32.2. The number of rotatable bonds is 6. The van der Waals surface area contributed by atoms with Crippen LogP contribution in [0.4, 0.5) is 29.3 Å². The van der Waals surface area contributed by atoms with Gasteiger partial charge in [-0.1, -0.05) is 12.1 Å². The third kappa shape index (κ3) is 5.73. The lowest BCUT2D eigenvalue weighted by atomic mass is 10.0. The molecule has 0 aliphatic carbocycles. The Morgan fingerprint density at radius 2 is 1.92 bits per heavy atom. The average Bonchev–Trinajstić information content (AvgIpc) is 3.54. The molecule has 1 N–H and O–H groups in total. The summed E-state index contributed by atoms with van der Waals surface area (Å²) in [6, 6.07) is 10.1. The highest BCUT2D eigenvalue weighted by Gasteiger charge is 2.28. The maximum absolute atomic E-state index is 14.4. The lowest BCUT2D eigenvalue weighted by Crippen LogP contribution is -2.48. The maximum atomic E-state index is 14.4. The molecule has 202 valence electrons. The van der Waals surface area contributed by atoms with Gasteiger partial charge in [0.15, 0.2) is 0 Å². The topological polar surface area (TPSA) is 95.0 Å². The molecule has 39 heavy (non-hydrogen) atoms. The van der Waals surface area contributed by atoms with Crippen molar-refractivity contribution in [1.82, 2.24) is 10.3 Å². The molecule has 1 aromatic heterocycles. The predicted molar refractivity (Wildman–Crippen MR) is 145 cm³/mol. The van der Waals surface area contributed by atoms with Crippen LogP contribution in [0.2, 0.25) is 0 Å². The molecular weight excluding hydrogens is 551 g/mol. The fourth-order valence-electron chi connectivity index (χ4n) is 4.45. The number of carbonyl (C=O) groups excluding carboxylic acids is 2. The molecule has 0 radical (unpaired) electrons. The van der Waals surface area contributed by atoms with E-state index >= 15 is 0 Å². The van der Waals surface area contributed by atoms with Gasteiger partial charge in [0.25, 0.3) is 0 Å². The molecule has 0 saturated heterocycles. The molecular formula is C26H22F3N5O3S2. The van der Waals surface area contributed by atoms with E-state index in [9.17, 15) is 27.0 Å². The largest absolute Gasteiger partial charge is 0.351 e. The normalized spacial score (nSPS) is 14.3. The minimum Gasteiger partial charge on any atom is -0.324 e. The number of aromatic nitrogens is 1. The molecule has 8 nitrogen and oxygen atoms in total. The Morgan fingerprint density at radius 1 is 1.15 bits per heavy atom. The van der Waals surface area contributed by atoms with Gasteiger partial charge in [-0.15, -0.1) is 15.7 Å². The molecule has 2 atom stereocenters. The van der Waals surface area contributed by atoms with E-state index in [2.05, 4.69) is 14.7 Å². The van der Waals surface area contributed by atoms with E-state index in [-0.39, 0.29) is 24.2 Å². The maximum Gasteiger partial charge on any atom is 0.351 e. The summed E-state index contributed by atoms with van der Waals surface area (Å²) in [6.45, 7) is 0.203. The van der Waals surface area contributed by atoms with Crippen molar-refractivity contribution in [1.29, 1.82) is 0 Å². The first-order valence-electron chi connectivity index (χ1n) is 11.8. The van der Waals surface area contributed by atoms with E-state index < -0.39 is 46.2 Å². The van der Waals surface area contributed by atoms with Gasteiger partial charge in [0.05, 0.1) is 21.4 Å². The van der Waals surface area contributed by atoms with Crippen LogP contribution >= 0.6 is 11.3 Å². The number of amides is 3. The van der Waals surface area contributed by atoms with Gasteiger partial charge in [0, 0.05) is 31.8 Å². The summed E-state index contributed by atoms with van der Waals surface area (Å²) in [4.78, 5) is 31.9. The second-order valence-corrected chi connectivity index (χ2v) is 10.9. The van der Waals surface area contributed by atoms with Gasteiger partial charge >= 0.3 is 6.03 Å². The van der Waals surface area contributed by atoms with Crippen LogP contribution < -0.4 is 14.5 Å². The van der Waals surface area contributed by atoms with Crippen LogP contribution in [-0.2, 0) is 28.4 Å². The van der Waals surface area contributed by atoms with Crippen molar-refractivity contribution in [3.8, 4) is 0 Å². The third-order valence-electron chi connectivity index (χ3n) is 6.29. The molecule has 4 aromatic rings. The number of anilines is 2. The Bertz CT molecular complexity index is 1650. The van der Waals surface area contributed by atoms with Crippen molar-refractivity contribution < 1.29 is 27.0 Å². The fourth-order valence-corrected chi connectivity index (χ4v) is 6.10. The lowest BCUT2D eigenvalue weighted by Gasteiger charge is -2.24. The molecule has 2 heterocycles. The van der Waals surface area contributed by atoms with E-state index in [0.717, 1.165) is 16.8 Å². The number of halogens is 3. The van der Waals surface area contributed by atoms with Gasteiger partial charge in [-0.05, 0) is 53.9 Å². The zero-order chi connectivity index (χ0) is 27.7. The first kappa shape index (κ1) is 26.6. The van der Waals surface area contributed by atoms with Crippen LogP contribution in [0.3, 0.4) is 0 Å². The van der Waals surface area contributed by atoms with E-state index in [4.69, 9.17) is 0 Å². The number of benzene rings is 3. The summed E-state index contributed by atoms with van der Waals surface area (Å²) in [5, 5.41) is 2.42. The highest BCUT2D eigenvalue weighted by Crippen LogP contribution is 2.31. The van der Waals surface area contributed by atoms with Crippen molar-refractivity contribution in [2.24, 2.45) is 4.36 Å². The van der Waals surface area contributed by atoms with Gasteiger partial charge in [-0.25, -0.2) is 27.2 Å². The van der Waals surface area contributed by atoms with Crippen LogP contribution in [0.25, 0.3) is 10.2 Å². The summed E-state index contributed by atoms with van der Waals surface area (Å²) < 4.78 is 60.8. The van der Waals surface area contributed by atoms with E-state index in [1.165, 1.54) is 33.7 Å². The monoisotopic (exact) mass is 573 g/mol. The minimum atomic E-state index is -2.71. The number of nitrogens with zero attached hydrogens (tertiary/aromatic N) is 4. The molecule has 1 aliphatic heterocycles. The van der Waals surface area contributed by atoms with E-state index in [1.807, 2.05) is 0 Å². The summed E-state index contributed by atoms with van der Waals surface area (Å²) in [6.07, 6.45) is 0.168. The van der Waals surface area contributed by atoms with Crippen molar-refractivity contribution >= 4 is 55.6 Å². The van der Waals surface area contributed by atoms with Crippen LogP contribution in [0.15, 0.2) is 64.5 Å². The number of urea groups is 1. The van der Waals surface area contributed by atoms with Gasteiger partial charge in [0.1, 0.15) is 34.3 Å². The molecule has 5 rings (SSSR count). The SMILES string of the molecule is CN(C(=O)[C@H](Cc1cc(F)cc(F)c1)NC(=O)/N=[SH](=O)/N1CCc2cccc(F)c21)c1ccc2scnc2c1. The second-order valence-electron chi connectivity index (χ2n) is 8.86. The van der Waals surface area contributed by atoms with Crippen molar-refractivity contribution in [2.45, 2.75) is 18.9 Å². The zero-order valence-corrected chi connectivity index (χ0v) is 22.2. The summed E-state index contributed by atoms with van der Waals surface area (Å²) >= 11 is 1.44. The van der Waals surface area contributed by atoms with Crippen LogP contribution in [0.1, 0.15) is 11.1 Å². The molecule has 0 bridgehead atoms. The number of fused-ring (bicyclic) bond motifs is 2. The molecule has 1 unspecified atom stereocenters. The Labute approximate surface area is 227 Å². The Hall–Kier alpha value is -3.97. The van der Waals surface area contributed by atoms with Gasteiger partial charge in [-0.2, -0.15) is 0 Å². The molecule has 3 aromatic carbocycles. The minimum absolute atomic E-state index is 0.120. The summed E-state index contributed by atoms with van der Waals surface area (Å²) in [7, 11) is -1.22. The lowest BCUT2D eigenvalue weighted by molar-refractivity contribution is -0.120. The summed E-state index contributed by atoms with van der Waals surface area (Å²) in [5.74, 6) is -2.87. The Balaban J connectivity index is 1.41. The van der Waals surface area contributed by atoms with Crippen molar-refractivity contribution in [3.63, 3.8) is 0 Å². The third-order valence-corrected chi connectivity index (χ3v) is 8.27. The number of thiazole rings is 1. The molecule has 0 spiro atoms. The van der Waals surface area contributed by atoms with Gasteiger partial charge < -0.3 is 10.2 Å². The van der Waals surface area contributed by atoms with Crippen LogP contribution in [0, 0.1) is 17.5 Å². The van der Waals surface area contributed by atoms with Crippen molar-refractivity contribution in [2.75, 3.05) is 22.8 Å². The standard InChI is InChI=1S/C26H22F3N5O3S2/c1-33(19-5-6-23-21(13-19)30-14-38-23)25(35)22(11-15-9-17(27)12-18(28)10-15)31-26(36)32-39(37)34-8-7-16-3-2-4-20(29)24(16)34/h2-6,9-10,12-14,22,39H,7-8,11H2,1H3,(H,31,36)/t22-/m0/s1. The molecule has 3 amide bonds. The van der Waals surface area contributed by atoms with E-state index in [0.29, 0.717) is 29.3 Å². The highest BCUT2D eigenvalue weighted by molar-refractivity contribution is 7.76. The fraction of sp³-hybridized carbons (Fsp3) is 0.192. The molecule has 1 aliphatic rings. The number of hydrogen-bond acceptors (Lipinski definition) is 5. The Kier molecular flexibility index (Phi) is 7.53. The predicted octanol–water partition coefficient (Wildman–Crippen LogP) is 4.64. The number of carbonyl (C=O) groups is 2.